The molecule has 1 N–H and O–H groups in total. The highest BCUT2D eigenvalue weighted by molar-refractivity contribution is 7.99. The van der Waals surface area contributed by atoms with Crippen molar-refractivity contribution in [3.63, 3.8) is 0 Å². The van der Waals surface area contributed by atoms with Crippen LogP contribution in [0.1, 0.15) is 20.3 Å². The lowest BCUT2D eigenvalue weighted by Crippen LogP contribution is -2.26. The van der Waals surface area contributed by atoms with Crippen LogP contribution in [0.2, 0.25) is 0 Å². The van der Waals surface area contributed by atoms with Gasteiger partial charge in [-0.2, -0.15) is 0 Å². The summed E-state index contributed by atoms with van der Waals surface area (Å²) in [5.41, 5.74) is -0.719. The highest BCUT2D eigenvalue weighted by Gasteiger charge is 2.20. The fraction of sp³-hybridized carbons (Fsp3) is 0.900. The number of methoxy groups -OCH3 is 2. The van der Waals surface area contributed by atoms with Gasteiger partial charge >= 0.3 is 0 Å². The van der Waals surface area contributed by atoms with Crippen LogP contribution in [-0.2, 0) is 16.0 Å². The zero-order valence-corrected chi connectivity index (χ0v) is 12.0. The van der Waals surface area contributed by atoms with Gasteiger partial charge in [0.05, 0.1) is 12.1 Å². The maximum Gasteiger partial charge on any atom is 0.209 e. The first kappa shape index (κ1) is 15.4. The van der Waals surface area contributed by atoms with E-state index in [1.807, 2.05) is 6.92 Å². The third kappa shape index (κ3) is 4.52. The molecule has 0 aliphatic heterocycles. The van der Waals surface area contributed by atoms with E-state index in [9.17, 15) is 5.11 Å². The lowest BCUT2D eigenvalue weighted by atomic mass is 10.1. The monoisotopic (exact) mass is 276 g/mol. The summed E-state index contributed by atoms with van der Waals surface area (Å²) in [5.74, 6) is 0.536. The van der Waals surface area contributed by atoms with Gasteiger partial charge in [0.25, 0.3) is 0 Å². The third-order valence-electron chi connectivity index (χ3n) is 2.62. The first-order chi connectivity index (χ1) is 8.52. The lowest BCUT2D eigenvalue weighted by molar-refractivity contribution is -0.113. The Balaban J connectivity index is 2.60. The van der Waals surface area contributed by atoms with Crippen molar-refractivity contribution in [2.24, 2.45) is 0 Å². The Labute approximate surface area is 111 Å². The summed E-state index contributed by atoms with van der Waals surface area (Å²) in [7, 11) is 3.13. The smallest absolute Gasteiger partial charge is 0.209 e. The number of hydrogen-bond acceptors (Lipinski definition) is 7. The zero-order chi connectivity index (χ0) is 13.6. The summed E-state index contributed by atoms with van der Waals surface area (Å²) in [6.07, 6.45) is 0.292. The summed E-state index contributed by atoms with van der Waals surface area (Å²) in [5, 5.41) is 22.0. The minimum atomic E-state index is -0.719. The van der Waals surface area contributed by atoms with Gasteiger partial charge in [0, 0.05) is 20.0 Å². The summed E-state index contributed by atoms with van der Waals surface area (Å²) >= 11 is 1.41. The van der Waals surface area contributed by atoms with Crippen molar-refractivity contribution >= 4 is 11.8 Å². The van der Waals surface area contributed by atoms with Gasteiger partial charge in [-0.15, -0.1) is 5.10 Å². The van der Waals surface area contributed by atoms with Gasteiger partial charge in [0.1, 0.15) is 0 Å². The van der Waals surface area contributed by atoms with Crippen LogP contribution in [-0.4, -0.2) is 57.2 Å². The van der Waals surface area contributed by atoms with Gasteiger partial charge < -0.3 is 14.6 Å². The molecule has 0 spiro atoms. The molecule has 8 heteroatoms. The average Bonchev–Trinajstić information content (AvgIpc) is 2.81. The molecule has 0 aliphatic carbocycles. The Morgan fingerprint density at radius 2 is 2.11 bits per heavy atom. The van der Waals surface area contributed by atoms with Gasteiger partial charge in [-0.05, 0) is 23.8 Å². The molecule has 0 fully saturated rings. The Hall–Kier alpha value is -0.700. The van der Waals surface area contributed by atoms with E-state index in [2.05, 4.69) is 15.5 Å². The van der Waals surface area contributed by atoms with E-state index in [0.717, 1.165) is 0 Å². The van der Waals surface area contributed by atoms with Crippen molar-refractivity contribution in [3.8, 4) is 0 Å². The molecule has 0 saturated carbocycles. The van der Waals surface area contributed by atoms with Crippen molar-refractivity contribution in [2.75, 3.05) is 20.0 Å². The van der Waals surface area contributed by atoms with Gasteiger partial charge in [0.15, 0.2) is 6.29 Å². The second-order valence-electron chi connectivity index (χ2n) is 4.18. The number of nitrogens with zero attached hydrogens (tertiary/aromatic N) is 4. The van der Waals surface area contributed by atoms with Crippen LogP contribution in [0.4, 0.5) is 0 Å². The molecule has 0 aromatic carbocycles. The Kier molecular flexibility index (Phi) is 6.00. The zero-order valence-electron chi connectivity index (χ0n) is 11.2. The van der Waals surface area contributed by atoms with Crippen LogP contribution in [0.3, 0.4) is 0 Å². The number of aliphatic hydroxyl groups is 1. The quantitative estimate of drug-likeness (QED) is 0.548. The van der Waals surface area contributed by atoms with Crippen molar-refractivity contribution in [2.45, 2.75) is 43.9 Å². The van der Waals surface area contributed by atoms with Crippen LogP contribution in [0.5, 0.6) is 0 Å². The summed E-state index contributed by atoms with van der Waals surface area (Å²) in [4.78, 5) is 0. The van der Waals surface area contributed by atoms with E-state index in [4.69, 9.17) is 9.47 Å². The minimum absolute atomic E-state index is 0.389. The molecule has 1 rings (SSSR count). The normalized spacial score (nSPS) is 15.0. The van der Waals surface area contributed by atoms with Crippen LogP contribution in [0, 0.1) is 0 Å². The predicted octanol–water partition coefficient (Wildman–Crippen LogP) is 0.545. The maximum absolute atomic E-state index is 9.94. The molecule has 0 saturated heterocycles. The Morgan fingerprint density at radius 3 is 2.67 bits per heavy atom. The molecular weight excluding hydrogens is 256 g/mol. The number of aromatic nitrogens is 4. The van der Waals surface area contributed by atoms with Gasteiger partial charge in [-0.25, -0.2) is 4.68 Å². The van der Waals surface area contributed by atoms with Gasteiger partial charge in [-0.1, -0.05) is 18.7 Å². The Morgan fingerprint density at radius 1 is 1.44 bits per heavy atom. The van der Waals surface area contributed by atoms with E-state index < -0.39 is 5.60 Å². The summed E-state index contributed by atoms with van der Waals surface area (Å²) in [6, 6.07) is 0. The van der Waals surface area contributed by atoms with Crippen molar-refractivity contribution < 1.29 is 14.6 Å². The van der Waals surface area contributed by atoms with Gasteiger partial charge in [0.2, 0.25) is 5.16 Å². The van der Waals surface area contributed by atoms with Crippen molar-refractivity contribution in [1.29, 1.82) is 0 Å². The first-order valence-corrected chi connectivity index (χ1v) is 6.68. The maximum atomic E-state index is 9.94. The standard InChI is InChI=1S/C10H20N4O3S/c1-5-10(2,15)7-18-9-11-12-13-14(9)6-8(16-3)17-4/h8,15H,5-7H2,1-4H3. The molecule has 0 radical (unpaired) electrons. The highest BCUT2D eigenvalue weighted by atomic mass is 32.2. The fourth-order valence-corrected chi connectivity index (χ4v) is 2.12. The molecule has 18 heavy (non-hydrogen) atoms. The molecule has 1 aromatic heterocycles. The van der Waals surface area contributed by atoms with Crippen LogP contribution in [0.15, 0.2) is 5.16 Å². The molecule has 1 aromatic rings. The lowest BCUT2D eigenvalue weighted by Gasteiger charge is -2.20. The molecule has 1 heterocycles. The second kappa shape index (κ2) is 7.03. The number of thioether (sulfide) groups is 1. The van der Waals surface area contributed by atoms with Crippen molar-refractivity contribution in [1.82, 2.24) is 20.2 Å². The second-order valence-corrected chi connectivity index (χ2v) is 5.13. The SMILES string of the molecule is CCC(C)(O)CSc1nnnn1CC(OC)OC. The molecule has 0 bridgehead atoms. The number of tetrazole rings is 1. The molecule has 0 amide bonds. The largest absolute Gasteiger partial charge is 0.389 e. The fourth-order valence-electron chi connectivity index (χ4n) is 1.12. The average molecular weight is 276 g/mol. The predicted molar refractivity (Wildman–Crippen MR) is 67.3 cm³/mol. The van der Waals surface area contributed by atoms with Crippen molar-refractivity contribution in [3.05, 3.63) is 0 Å². The van der Waals surface area contributed by atoms with Crippen LogP contribution < -0.4 is 0 Å². The molecule has 1 unspecified atom stereocenters. The number of ether oxygens (including phenoxy) is 2. The van der Waals surface area contributed by atoms with Crippen LogP contribution >= 0.6 is 11.8 Å². The Bertz CT molecular complexity index is 355. The van der Waals surface area contributed by atoms with E-state index in [1.165, 1.54) is 11.8 Å². The summed E-state index contributed by atoms with van der Waals surface area (Å²) < 4.78 is 11.8. The first-order valence-electron chi connectivity index (χ1n) is 5.69. The van der Waals surface area contributed by atoms with E-state index in [-0.39, 0.29) is 6.29 Å². The van der Waals surface area contributed by atoms with Gasteiger partial charge in [-0.3, -0.25) is 0 Å². The molecule has 0 aliphatic rings. The van der Waals surface area contributed by atoms with Crippen LogP contribution in [0.25, 0.3) is 0 Å². The molecule has 1 atom stereocenters. The molecule has 7 nitrogen and oxygen atoms in total. The highest BCUT2D eigenvalue weighted by Crippen LogP contribution is 2.22. The summed E-state index contributed by atoms with van der Waals surface area (Å²) in [6.45, 7) is 4.15. The number of hydrogen-bond donors (Lipinski definition) is 1. The van der Waals surface area contributed by atoms with E-state index in [0.29, 0.717) is 23.9 Å². The van der Waals surface area contributed by atoms with E-state index >= 15 is 0 Å². The van der Waals surface area contributed by atoms with E-state index in [1.54, 1.807) is 25.8 Å². The third-order valence-corrected chi connectivity index (χ3v) is 3.94. The molecule has 104 valence electrons. The topological polar surface area (TPSA) is 82.3 Å². The number of rotatable bonds is 8. The minimum Gasteiger partial charge on any atom is -0.389 e. The molecular formula is C10H20N4O3S.